The number of amides is 1. The zero-order valence-corrected chi connectivity index (χ0v) is 12.7. The van der Waals surface area contributed by atoms with Crippen LogP contribution in [0.1, 0.15) is 36.7 Å². The van der Waals surface area contributed by atoms with Crippen LogP contribution in [0.25, 0.3) is 10.8 Å². The van der Waals surface area contributed by atoms with Crippen LogP contribution in [0.3, 0.4) is 0 Å². The van der Waals surface area contributed by atoms with E-state index in [1.165, 1.54) is 0 Å². The molecule has 3 rings (SSSR count). The summed E-state index contributed by atoms with van der Waals surface area (Å²) in [7, 11) is 0. The predicted octanol–water partition coefficient (Wildman–Crippen LogP) is 1.87. The van der Waals surface area contributed by atoms with Gasteiger partial charge in [-0.3, -0.25) is 9.59 Å². The second-order valence-electron chi connectivity index (χ2n) is 6.02. The molecule has 0 spiro atoms. The molecule has 2 heterocycles. The molecule has 1 saturated heterocycles. The summed E-state index contributed by atoms with van der Waals surface area (Å²) >= 11 is 0. The van der Waals surface area contributed by atoms with E-state index in [1.807, 2.05) is 30.0 Å². The van der Waals surface area contributed by atoms with E-state index in [4.69, 9.17) is 5.73 Å². The molecule has 1 aliphatic rings. The third kappa shape index (κ3) is 2.64. The molecule has 2 aromatic rings. The fourth-order valence-corrected chi connectivity index (χ4v) is 3.24. The molecule has 116 valence electrons. The van der Waals surface area contributed by atoms with Crippen molar-refractivity contribution in [3.8, 4) is 0 Å². The number of nitrogens with one attached hydrogen (secondary N) is 1. The summed E-state index contributed by atoms with van der Waals surface area (Å²) in [4.78, 5) is 29.5. The predicted molar refractivity (Wildman–Crippen MR) is 86.9 cm³/mol. The standard InChI is InChI=1S/C17H21N3O2/c1-11(18)15-8-4-5-9-20(15)17(22)14-10-12-6-2-3-7-13(12)16(21)19-14/h2-3,6-7,10-11,15H,4-5,8-9,18H2,1H3,(H,19,21). The largest absolute Gasteiger partial charge is 0.333 e. The van der Waals surface area contributed by atoms with Gasteiger partial charge in [0.25, 0.3) is 11.5 Å². The summed E-state index contributed by atoms with van der Waals surface area (Å²) < 4.78 is 0. The zero-order chi connectivity index (χ0) is 15.7. The van der Waals surface area contributed by atoms with Crippen LogP contribution >= 0.6 is 0 Å². The summed E-state index contributed by atoms with van der Waals surface area (Å²) in [6, 6.07) is 9.01. The highest BCUT2D eigenvalue weighted by Crippen LogP contribution is 2.21. The molecule has 22 heavy (non-hydrogen) atoms. The van der Waals surface area contributed by atoms with E-state index in [0.717, 1.165) is 24.6 Å². The SMILES string of the molecule is CC(N)C1CCCCN1C(=O)c1cc2ccccc2c(=O)[nH]1. The van der Waals surface area contributed by atoms with Crippen LogP contribution in [-0.4, -0.2) is 34.4 Å². The number of aromatic amines is 1. The molecule has 1 amide bonds. The van der Waals surface area contributed by atoms with Crippen LogP contribution in [0, 0.1) is 0 Å². The fraction of sp³-hybridized carbons (Fsp3) is 0.412. The lowest BCUT2D eigenvalue weighted by Gasteiger charge is -2.38. The van der Waals surface area contributed by atoms with E-state index >= 15 is 0 Å². The van der Waals surface area contributed by atoms with Gasteiger partial charge in [0.1, 0.15) is 5.69 Å². The summed E-state index contributed by atoms with van der Waals surface area (Å²) in [5.41, 5.74) is 6.15. The highest BCUT2D eigenvalue weighted by Gasteiger charge is 2.30. The van der Waals surface area contributed by atoms with Gasteiger partial charge < -0.3 is 15.6 Å². The van der Waals surface area contributed by atoms with Gasteiger partial charge in [-0.05, 0) is 43.7 Å². The van der Waals surface area contributed by atoms with Crippen molar-refractivity contribution < 1.29 is 4.79 Å². The molecule has 1 aromatic carbocycles. The summed E-state index contributed by atoms with van der Waals surface area (Å²) in [6.07, 6.45) is 2.98. The molecule has 1 aromatic heterocycles. The Morgan fingerprint density at radius 2 is 2.14 bits per heavy atom. The molecule has 0 saturated carbocycles. The summed E-state index contributed by atoms with van der Waals surface area (Å²) in [6.45, 7) is 2.62. The van der Waals surface area contributed by atoms with Gasteiger partial charge in [0.15, 0.2) is 0 Å². The Balaban J connectivity index is 1.99. The quantitative estimate of drug-likeness (QED) is 0.888. The van der Waals surface area contributed by atoms with Crippen LogP contribution < -0.4 is 11.3 Å². The second kappa shape index (κ2) is 5.93. The molecule has 3 N–H and O–H groups in total. The number of nitrogens with zero attached hydrogens (tertiary/aromatic N) is 1. The number of aromatic nitrogens is 1. The van der Waals surface area contributed by atoms with Crippen molar-refractivity contribution in [3.63, 3.8) is 0 Å². The first-order valence-electron chi connectivity index (χ1n) is 7.76. The number of piperidine rings is 1. The lowest BCUT2D eigenvalue weighted by atomic mass is 9.96. The lowest BCUT2D eigenvalue weighted by Crippen LogP contribution is -2.52. The summed E-state index contributed by atoms with van der Waals surface area (Å²) in [5.74, 6) is -0.134. The first-order chi connectivity index (χ1) is 10.6. The Hall–Kier alpha value is -2.14. The molecule has 2 unspecified atom stereocenters. The Kier molecular flexibility index (Phi) is 3.98. The van der Waals surface area contributed by atoms with Gasteiger partial charge in [0.2, 0.25) is 0 Å². The Labute approximate surface area is 129 Å². The molecule has 0 radical (unpaired) electrons. The third-order valence-electron chi connectivity index (χ3n) is 4.40. The smallest absolute Gasteiger partial charge is 0.270 e. The van der Waals surface area contributed by atoms with Gasteiger partial charge in [0, 0.05) is 24.0 Å². The van der Waals surface area contributed by atoms with Gasteiger partial charge >= 0.3 is 0 Å². The van der Waals surface area contributed by atoms with Crippen LogP contribution in [0.5, 0.6) is 0 Å². The number of fused-ring (bicyclic) bond motifs is 1. The highest BCUT2D eigenvalue weighted by atomic mass is 16.2. The highest BCUT2D eigenvalue weighted by molar-refractivity contribution is 5.96. The first kappa shape index (κ1) is 14.8. The number of pyridine rings is 1. The number of hydrogen-bond acceptors (Lipinski definition) is 3. The monoisotopic (exact) mass is 299 g/mol. The second-order valence-corrected chi connectivity index (χ2v) is 6.02. The number of H-pyrrole nitrogens is 1. The number of nitrogens with two attached hydrogens (primary N) is 1. The number of carbonyl (C=O) groups is 1. The van der Waals surface area contributed by atoms with Gasteiger partial charge in [-0.15, -0.1) is 0 Å². The van der Waals surface area contributed by atoms with E-state index in [2.05, 4.69) is 4.98 Å². The average molecular weight is 299 g/mol. The van der Waals surface area contributed by atoms with Gasteiger partial charge in [0.05, 0.1) is 0 Å². The maximum absolute atomic E-state index is 12.8. The van der Waals surface area contributed by atoms with E-state index in [0.29, 0.717) is 17.6 Å². The van der Waals surface area contributed by atoms with Crippen molar-refractivity contribution in [1.29, 1.82) is 0 Å². The molecule has 2 atom stereocenters. The minimum atomic E-state index is -0.226. The van der Waals surface area contributed by atoms with Crippen LogP contribution in [-0.2, 0) is 0 Å². The molecule has 1 aliphatic heterocycles. The minimum Gasteiger partial charge on any atom is -0.333 e. The molecule has 5 heteroatoms. The van der Waals surface area contributed by atoms with Crippen molar-refractivity contribution in [3.05, 3.63) is 46.4 Å². The Bertz CT molecular complexity index is 751. The maximum Gasteiger partial charge on any atom is 0.270 e. The summed E-state index contributed by atoms with van der Waals surface area (Å²) in [5, 5.41) is 1.38. The van der Waals surface area contributed by atoms with E-state index in [-0.39, 0.29) is 23.6 Å². The Morgan fingerprint density at radius 3 is 2.91 bits per heavy atom. The molecule has 1 fully saturated rings. The molecule has 0 aliphatic carbocycles. The van der Waals surface area contributed by atoms with Crippen LogP contribution in [0.15, 0.2) is 35.1 Å². The van der Waals surface area contributed by atoms with Crippen LogP contribution in [0.4, 0.5) is 0 Å². The van der Waals surface area contributed by atoms with E-state index < -0.39 is 0 Å². The molecular formula is C17H21N3O2. The zero-order valence-electron chi connectivity index (χ0n) is 12.7. The first-order valence-corrected chi connectivity index (χ1v) is 7.76. The number of benzene rings is 1. The molecule has 5 nitrogen and oxygen atoms in total. The topological polar surface area (TPSA) is 79.2 Å². The third-order valence-corrected chi connectivity index (χ3v) is 4.40. The van der Waals surface area contributed by atoms with Gasteiger partial charge in [-0.25, -0.2) is 0 Å². The lowest BCUT2D eigenvalue weighted by molar-refractivity contribution is 0.0577. The average Bonchev–Trinajstić information content (AvgIpc) is 2.54. The Morgan fingerprint density at radius 1 is 1.36 bits per heavy atom. The number of carbonyl (C=O) groups excluding carboxylic acids is 1. The van der Waals surface area contributed by atoms with Crippen molar-refractivity contribution in [2.45, 2.75) is 38.3 Å². The van der Waals surface area contributed by atoms with Crippen molar-refractivity contribution in [2.24, 2.45) is 5.73 Å². The van der Waals surface area contributed by atoms with Gasteiger partial charge in [-0.1, -0.05) is 18.2 Å². The van der Waals surface area contributed by atoms with E-state index in [1.54, 1.807) is 12.1 Å². The van der Waals surface area contributed by atoms with Crippen molar-refractivity contribution in [1.82, 2.24) is 9.88 Å². The van der Waals surface area contributed by atoms with Crippen molar-refractivity contribution >= 4 is 16.7 Å². The maximum atomic E-state index is 12.8. The van der Waals surface area contributed by atoms with Crippen molar-refractivity contribution in [2.75, 3.05) is 6.54 Å². The van der Waals surface area contributed by atoms with E-state index in [9.17, 15) is 9.59 Å². The normalized spacial score (nSPS) is 20.1. The van der Waals surface area contributed by atoms with Crippen LogP contribution in [0.2, 0.25) is 0 Å². The number of hydrogen-bond donors (Lipinski definition) is 2. The minimum absolute atomic E-state index is 0.0382. The number of likely N-dealkylation sites (tertiary alicyclic amines) is 1. The molecule has 0 bridgehead atoms. The molecular weight excluding hydrogens is 278 g/mol. The number of rotatable bonds is 2. The fourth-order valence-electron chi connectivity index (χ4n) is 3.24. The van der Waals surface area contributed by atoms with Gasteiger partial charge in [-0.2, -0.15) is 0 Å².